The minimum atomic E-state index is -0.142. The molecule has 1 atom stereocenters. The average Bonchev–Trinajstić information content (AvgIpc) is 2.71. The summed E-state index contributed by atoms with van der Waals surface area (Å²) in [6, 6.07) is 22.8. The maximum atomic E-state index is 12.4. The summed E-state index contributed by atoms with van der Waals surface area (Å²) in [6.07, 6.45) is 0.225. The third-order valence-corrected chi connectivity index (χ3v) is 4.88. The zero-order chi connectivity index (χ0) is 21.5. The number of rotatable bonds is 7. The lowest BCUT2D eigenvalue weighted by atomic mass is 10.1. The van der Waals surface area contributed by atoms with E-state index in [9.17, 15) is 9.59 Å². The molecule has 3 N–H and O–H groups in total. The van der Waals surface area contributed by atoms with Crippen molar-refractivity contribution in [3.63, 3.8) is 0 Å². The first-order chi connectivity index (χ1) is 14.4. The van der Waals surface area contributed by atoms with Gasteiger partial charge in [0.25, 0.3) is 0 Å². The lowest BCUT2D eigenvalue weighted by Crippen LogP contribution is -2.14. The second kappa shape index (κ2) is 9.94. The summed E-state index contributed by atoms with van der Waals surface area (Å²) in [5, 5.41) is 9.50. The second-order valence-corrected chi connectivity index (χ2v) is 7.48. The highest BCUT2D eigenvalue weighted by atomic mass is 35.5. The zero-order valence-corrected chi connectivity index (χ0v) is 17.7. The van der Waals surface area contributed by atoms with Crippen LogP contribution < -0.4 is 16.0 Å². The molecule has 5 nitrogen and oxygen atoms in total. The van der Waals surface area contributed by atoms with Gasteiger partial charge in [0.2, 0.25) is 11.8 Å². The minimum Gasteiger partial charge on any atom is -0.377 e. The summed E-state index contributed by atoms with van der Waals surface area (Å²) in [6.45, 7) is 3.52. The van der Waals surface area contributed by atoms with Gasteiger partial charge in [-0.1, -0.05) is 54.1 Å². The van der Waals surface area contributed by atoms with Crippen LogP contribution in [0.1, 0.15) is 31.0 Å². The van der Waals surface area contributed by atoms with Crippen LogP contribution in [0.25, 0.3) is 0 Å². The first kappa shape index (κ1) is 21.4. The first-order valence-corrected chi connectivity index (χ1v) is 10.1. The van der Waals surface area contributed by atoms with Gasteiger partial charge in [0, 0.05) is 24.3 Å². The van der Waals surface area contributed by atoms with E-state index in [2.05, 4.69) is 35.0 Å². The van der Waals surface area contributed by atoms with Crippen LogP contribution in [-0.4, -0.2) is 11.8 Å². The molecular formula is C24H24ClN3O2. The van der Waals surface area contributed by atoms with Crippen LogP contribution in [0.3, 0.4) is 0 Å². The van der Waals surface area contributed by atoms with Crippen LogP contribution in [-0.2, 0) is 16.0 Å². The molecule has 0 radical (unpaired) electrons. The highest BCUT2D eigenvalue weighted by Crippen LogP contribution is 2.29. The van der Waals surface area contributed by atoms with E-state index < -0.39 is 0 Å². The Balaban J connectivity index is 1.58. The molecule has 1 unspecified atom stereocenters. The number of hydrogen-bond acceptors (Lipinski definition) is 3. The van der Waals surface area contributed by atoms with Crippen molar-refractivity contribution in [3.8, 4) is 0 Å². The molecule has 3 aromatic rings. The Labute approximate surface area is 181 Å². The smallest absolute Gasteiger partial charge is 0.228 e. The Morgan fingerprint density at radius 3 is 2.20 bits per heavy atom. The standard InChI is InChI=1S/C24H24ClN3O2/c1-16(19-6-4-3-5-7-19)26-23-13-12-21(15-22(23)25)28-24(30)14-18-8-10-20(11-9-18)27-17(2)29/h3-13,15-16,26H,14H2,1-2H3,(H,27,29)(H,28,30). The van der Waals surface area contributed by atoms with Crippen molar-refractivity contribution in [3.05, 3.63) is 88.9 Å². The SMILES string of the molecule is CC(=O)Nc1ccc(CC(=O)Nc2ccc(NC(C)c3ccccc3)c(Cl)c2)cc1. The molecule has 0 aliphatic rings. The number of benzene rings is 3. The molecule has 0 spiro atoms. The summed E-state index contributed by atoms with van der Waals surface area (Å²) < 4.78 is 0. The number of amides is 2. The van der Waals surface area contributed by atoms with Crippen molar-refractivity contribution in [2.24, 2.45) is 0 Å². The Morgan fingerprint density at radius 2 is 1.57 bits per heavy atom. The molecular weight excluding hydrogens is 398 g/mol. The lowest BCUT2D eigenvalue weighted by Gasteiger charge is -2.17. The summed E-state index contributed by atoms with van der Waals surface area (Å²) in [7, 11) is 0. The monoisotopic (exact) mass is 421 g/mol. The van der Waals surface area contributed by atoms with Gasteiger partial charge in [-0.25, -0.2) is 0 Å². The average molecular weight is 422 g/mol. The van der Waals surface area contributed by atoms with E-state index in [-0.39, 0.29) is 24.3 Å². The Hall–Kier alpha value is -3.31. The van der Waals surface area contributed by atoms with Gasteiger partial charge in [0.1, 0.15) is 0 Å². The normalized spacial score (nSPS) is 11.4. The van der Waals surface area contributed by atoms with Crippen LogP contribution >= 0.6 is 11.6 Å². The molecule has 0 bridgehead atoms. The number of nitrogens with one attached hydrogen (secondary N) is 3. The molecule has 3 aromatic carbocycles. The third kappa shape index (κ3) is 6.09. The predicted molar refractivity (Wildman–Crippen MR) is 123 cm³/mol. The minimum absolute atomic E-state index is 0.101. The van der Waals surface area contributed by atoms with Crippen LogP contribution in [0.15, 0.2) is 72.8 Å². The van der Waals surface area contributed by atoms with E-state index in [0.29, 0.717) is 16.4 Å². The number of carbonyl (C=O) groups excluding carboxylic acids is 2. The molecule has 0 saturated heterocycles. The van der Waals surface area contributed by atoms with Gasteiger partial charge in [-0.3, -0.25) is 9.59 Å². The molecule has 0 aliphatic carbocycles. The number of halogens is 1. The molecule has 154 valence electrons. The Bertz CT molecular complexity index is 1020. The molecule has 2 amide bonds. The number of hydrogen-bond donors (Lipinski definition) is 3. The largest absolute Gasteiger partial charge is 0.377 e. The van der Waals surface area contributed by atoms with Gasteiger partial charge >= 0.3 is 0 Å². The third-order valence-electron chi connectivity index (χ3n) is 4.56. The fourth-order valence-corrected chi connectivity index (χ4v) is 3.30. The van der Waals surface area contributed by atoms with Crippen molar-refractivity contribution in [2.75, 3.05) is 16.0 Å². The van der Waals surface area contributed by atoms with Gasteiger partial charge in [-0.05, 0) is 48.4 Å². The van der Waals surface area contributed by atoms with Gasteiger partial charge in [-0.15, -0.1) is 0 Å². The van der Waals surface area contributed by atoms with Gasteiger partial charge < -0.3 is 16.0 Å². The van der Waals surface area contributed by atoms with Crippen molar-refractivity contribution < 1.29 is 9.59 Å². The summed E-state index contributed by atoms with van der Waals surface area (Å²) in [4.78, 5) is 23.4. The quantitative estimate of drug-likeness (QED) is 0.461. The van der Waals surface area contributed by atoms with E-state index in [1.807, 2.05) is 42.5 Å². The summed E-state index contributed by atoms with van der Waals surface area (Å²) >= 11 is 6.42. The van der Waals surface area contributed by atoms with E-state index in [1.54, 1.807) is 18.2 Å². The molecule has 0 saturated carbocycles. The van der Waals surface area contributed by atoms with Gasteiger partial charge in [-0.2, -0.15) is 0 Å². The molecule has 30 heavy (non-hydrogen) atoms. The second-order valence-electron chi connectivity index (χ2n) is 7.07. The van der Waals surface area contributed by atoms with Crippen LogP contribution in [0.4, 0.5) is 17.1 Å². The fraction of sp³-hybridized carbons (Fsp3) is 0.167. The molecule has 0 fully saturated rings. The Morgan fingerprint density at radius 1 is 0.900 bits per heavy atom. The van der Waals surface area contributed by atoms with E-state index in [1.165, 1.54) is 6.92 Å². The molecule has 3 rings (SSSR count). The maximum absolute atomic E-state index is 12.4. The van der Waals surface area contributed by atoms with Crippen molar-refractivity contribution in [1.82, 2.24) is 0 Å². The van der Waals surface area contributed by atoms with E-state index in [0.717, 1.165) is 16.8 Å². The van der Waals surface area contributed by atoms with E-state index in [4.69, 9.17) is 11.6 Å². The highest BCUT2D eigenvalue weighted by molar-refractivity contribution is 6.33. The van der Waals surface area contributed by atoms with Crippen molar-refractivity contribution in [1.29, 1.82) is 0 Å². The fourth-order valence-electron chi connectivity index (χ4n) is 3.07. The summed E-state index contributed by atoms with van der Waals surface area (Å²) in [5.74, 6) is -0.273. The molecule has 0 aromatic heterocycles. The van der Waals surface area contributed by atoms with Crippen LogP contribution in [0, 0.1) is 0 Å². The van der Waals surface area contributed by atoms with Gasteiger partial charge in [0.05, 0.1) is 17.1 Å². The topological polar surface area (TPSA) is 70.2 Å². The van der Waals surface area contributed by atoms with Crippen LogP contribution in [0.5, 0.6) is 0 Å². The van der Waals surface area contributed by atoms with E-state index >= 15 is 0 Å². The first-order valence-electron chi connectivity index (χ1n) is 9.68. The number of carbonyl (C=O) groups is 2. The zero-order valence-electron chi connectivity index (χ0n) is 16.9. The molecule has 0 heterocycles. The van der Waals surface area contributed by atoms with Crippen LogP contribution in [0.2, 0.25) is 5.02 Å². The molecule has 6 heteroatoms. The number of anilines is 3. The summed E-state index contributed by atoms with van der Waals surface area (Å²) in [5.41, 5.74) is 4.15. The Kier molecular flexibility index (Phi) is 7.09. The van der Waals surface area contributed by atoms with Crippen molar-refractivity contribution >= 4 is 40.5 Å². The lowest BCUT2D eigenvalue weighted by molar-refractivity contribution is -0.116. The predicted octanol–water partition coefficient (Wildman–Crippen LogP) is 5.65. The molecule has 0 aliphatic heterocycles. The maximum Gasteiger partial charge on any atom is 0.228 e. The van der Waals surface area contributed by atoms with Gasteiger partial charge in [0.15, 0.2) is 0 Å². The highest BCUT2D eigenvalue weighted by Gasteiger charge is 2.10. The van der Waals surface area contributed by atoms with Crippen molar-refractivity contribution in [2.45, 2.75) is 26.3 Å².